The first-order valence-corrected chi connectivity index (χ1v) is 10.7. The van der Waals surface area contributed by atoms with Crippen LogP contribution in [-0.2, 0) is 25.3 Å². The topological polar surface area (TPSA) is 75.7 Å². The summed E-state index contributed by atoms with van der Waals surface area (Å²) < 4.78 is 45.6. The number of amides is 1. The lowest BCUT2D eigenvalue weighted by Gasteiger charge is -2.30. The molecule has 144 valence electrons. The Labute approximate surface area is 153 Å². The average Bonchev–Trinajstić information content (AvgIpc) is 3.15. The van der Waals surface area contributed by atoms with Gasteiger partial charge in [0.1, 0.15) is 5.82 Å². The Bertz CT molecular complexity index is 726. The first kappa shape index (κ1) is 19.3. The Morgan fingerprint density at radius 1 is 1.23 bits per heavy atom. The lowest BCUT2D eigenvalue weighted by Crippen LogP contribution is -2.44. The molecule has 1 atom stereocenters. The van der Waals surface area contributed by atoms with E-state index in [4.69, 9.17) is 4.74 Å². The predicted octanol–water partition coefficient (Wildman–Crippen LogP) is 1.66. The standard InChI is InChI=1S/C18H25FN2O4S/c19-17-6-2-1-4-15(17)13-26(23,24)21-9-7-14(8-10-21)18(22)20-12-16-5-3-11-25-16/h1-2,4,6,14,16H,3,5,7-13H2,(H,20,22). The molecule has 1 aromatic rings. The zero-order valence-electron chi connectivity index (χ0n) is 14.7. The SMILES string of the molecule is O=C(NCC1CCCO1)C1CCN(S(=O)(=O)Cc2ccccc2F)CC1. The minimum atomic E-state index is -3.59. The average molecular weight is 384 g/mol. The van der Waals surface area contributed by atoms with Crippen molar-refractivity contribution in [2.75, 3.05) is 26.2 Å². The summed E-state index contributed by atoms with van der Waals surface area (Å²) >= 11 is 0. The van der Waals surface area contributed by atoms with Gasteiger partial charge in [-0.3, -0.25) is 4.79 Å². The zero-order chi connectivity index (χ0) is 18.6. The fraction of sp³-hybridized carbons (Fsp3) is 0.611. The van der Waals surface area contributed by atoms with Crippen molar-refractivity contribution in [3.05, 3.63) is 35.6 Å². The summed E-state index contributed by atoms with van der Waals surface area (Å²) in [5.41, 5.74) is 0.170. The smallest absolute Gasteiger partial charge is 0.223 e. The summed E-state index contributed by atoms with van der Waals surface area (Å²) in [5, 5.41) is 2.91. The second-order valence-electron chi connectivity index (χ2n) is 6.90. The third kappa shape index (κ3) is 4.81. The molecule has 3 rings (SSSR count). The Kier molecular flexibility index (Phi) is 6.26. The van der Waals surface area contributed by atoms with Crippen LogP contribution in [0.2, 0.25) is 0 Å². The summed E-state index contributed by atoms with van der Waals surface area (Å²) in [6, 6.07) is 5.90. The molecular formula is C18H25FN2O4S. The molecule has 6 nitrogen and oxygen atoms in total. The van der Waals surface area contributed by atoms with Crippen LogP contribution in [0.4, 0.5) is 4.39 Å². The second kappa shape index (κ2) is 8.45. The number of nitrogens with zero attached hydrogens (tertiary/aromatic N) is 1. The maximum atomic E-state index is 13.7. The van der Waals surface area contributed by atoms with Crippen LogP contribution in [0.5, 0.6) is 0 Å². The van der Waals surface area contributed by atoms with Crippen LogP contribution >= 0.6 is 0 Å². The number of hydrogen-bond donors (Lipinski definition) is 1. The van der Waals surface area contributed by atoms with Gasteiger partial charge in [-0.2, -0.15) is 0 Å². The molecule has 0 bridgehead atoms. The highest BCUT2D eigenvalue weighted by atomic mass is 32.2. The Morgan fingerprint density at radius 3 is 2.62 bits per heavy atom. The van der Waals surface area contributed by atoms with Crippen molar-refractivity contribution >= 4 is 15.9 Å². The van der Waals surface area contributed by atoms with Crippen LogP contribution in [0.25, 0.3) is 0 Å². The van der Waals surface area contributed by atoms with E-state index >= 15 is 0 Å². The van der Waals surface area contributed by atoms with E-state index in [-0.39, 0.29) is 42.3 Å². The normalized spacial score (nSPS) is 22.4. The van der Waals surface area contributed by atoms with Crippen molar-refractivity contribution in [2.45, 2.75) is 37.5 Å². The second-order valence-corrected chi connectivity index (χ2v) is 8.87. The third-order valence-corrected chi connectivity index (χ3v) is 6.87. The molecular weight excluding hydrogens is 359 g/mol. The number of hydrogen-bond acceptors (Lipinski definition) is 4. The van der Waals surface area contributed by atoms with Crippen molar-refractivity contribution in [3.63, 3.8) is 0 Å². The number of piperidine rings is 1. The van der Waals surface area contributed by atoms with Crippen molar-refractivity contribution in [2.24, 2.45) is 5.92 Å². The predicted molar refractivity (Wildman–Crippen MR) is 95.3 cm³/mol. The third-order valence-electron chi connectivity index (χ3n) is 5.04. The fourth-order valence-corrected chi connectivity index (χ4v) is 5.04. The van der Waals surface area contributed by atoms with E-state index in [9.17, 15) is 17.6 Å². The number of benzene rings is 1. The number of rotatable bonds is 6. The molecule has 2 heterocycles. The van der Waals surface area contributed by atoms with Gasteiger partial charge in [-0.25, -0.2) is 17.1 Å². The Hall–Kier alpha value is -1.51. The highest BCUT2D eigenvalue weighted by Gasteiger charge is 2.31. The molecule has 2 aliphatic heterocycles. The van der Waals surface area contributed by atoms with E-state index in [2.05, 4.69) is 5.32 Å². The molecule has 0 spiro atoms. The van der Waals surface area contributed by atoms with E-state index in [1.165, 1.54) is 22.5 Å². The Balaban J connectivity index is 1.49. The monoisotopic (exact) mass is 384 g/mol. The summed E-state index contributed by atoms with van der Waals surface area (Å²) in [6.45, 7) is 1.84. The highest BCUT2D eigenvalue weighted by Crippen LogP contribution is 2.23. The lowest BCUT2D eigenvalue weighted by molar-refractivity contribution is -0.126. The van der Waals surface area contributed by atoms with Gasteiger partial charge < -0.3 is 10.1 Å². The summed E-state index contributed by atoms with van der Waals surface area (Å²) in [5.74, 6) is -1.09. The molecule has 1 amide bonds. The van der Waals surface area contributed by atoms with E-state index in [0.717, 1.165) is 19.4 Å². The maximum absolute atomic E-state index is 13.7. The van der Waals surface area contributed by atoms with Gasteiger partial charge in [0.25, 0.3) is 0 Å². The molecule has 0 saturated carbocycles. The van der Waals surface area contributed by atoms with Crippen LogP contribution in [-0.4, -0.2) is 51.0 Å². The van der Waals surface area contributed by atoms with Gasteiger partial charge in [0.05, 0.1) is 11.9 Å². The quantitative estimate of drug-likeness (QED) is 0.809. The molecule has 8 heteroatoms. The summed E-state index contributed by atoms with van der Waals surface area (Å²) in [6.07, 6.45) is 3.05. The van der Waals surface area contributed by atoms with Crippen molar-refractivity contribution < 1.29 is 22.3 Å². The van der Waals surface area contributed by atoms with Crippen LogP contribution in [0.1, 0.15) is 31.2 Å². The number of halogens is 1. The van der Waals surface area contributed by atoms with Crippen molar-refractivity contribution in [1.82, 2.24) is 9.62 Å². The van der Waals surface area contributed by atoms with Gasteiger partial charge in [-0.05, 0) is 31.7 Å². The largest absolute Gasteiger partial charge is 0.376 e. The molecule has 0 aromatic heterocycles. The van der Waals surface area contributed by atoms with Crippen molar-refractivity contribution in [1.29, 1.82) is 0 Å². The van der Waals surface area contributed by atoms with E-state index in [0.29, 0.717) is 19.4 Å². The molecule has 26 heavy (non-hydrogen) atoms. The zero-order valence-corrected chi connectivity index (χ0v) is 15.5. The van der Waals surface area contributed by atoms with Gasteiger partial charge >= 0.3 is 0 Å². The number of ether oxygens (including phenoxy) is 1. The van der Waals surface area contributed by atoms with Crippen LogP contribution in [0.15, 0.2) is 24.3 Å². The van der Waals surface area contributed by atoms with Crippen LogP contribution < -0.4 is 5.32 Å². The van der Waals surface area contributed by atoms with Crippen LogP contribution in [0, 0.1) is 11.7 Å². The lowest BCUT2D eigenvalue weighted by atomic mass is 9.97. The van der Waals surface area contributed by atoms with Gasteiger partial charge in [-0.15, -0.1) is 0 Å². The number of carbonyl (C=O) groups is 1. The van der Waals surface area contributed by atoms with Gasteiger partial charge in [-0.1, -0.05) is 18.2 Å². The van der Waals surface area contributed by atoms with Gasteiger partial charge in [0.15, 0.2) is 0 Å². The van der Waals surface area contributed by atoms with Crippen molar-refractivity contribution in [3.8, 4) is 0 Å². The first-order chi connectivity index (χ1) is 12.5. The number of carbonyl (C=O) groups excluding carboxylic acids is 1. The Morgan fingerprint density at radius 2 is 1.96 bits per heavy atom. The first-order valence-electron chi connectivity index (χ1n) is 9.06. The fourth-order valence-electron chi connectivity index (χ4n) is 3.46. The van der Waals surface area contributed by atoms with Gasteiger partial charge in [0, 0.05) is 37.7 Å². The highest BCUT2D eigenvalue weighted by molar-refractivity contribution is 7.88. The number of sulfonamides is 1. The molecule has 0 aliphatic carbocycles. The summed E-state index contributed by atoms with van der Waals surface area (Å²) in [4.78, 5) is 12.3. The summed E-state index contributed by atoms with van der Waals surface area (Å²) in [7, 11) is -3.59. The number of nitrogens with one attached hydrogen (secondary N) is 1. The molecule has 1 N–H and O–H groups in total. The van der Waals surface area contributed by atoms with E-state index in [1.807, 2.05) is 0 Å². The van der Waals surface area contributed by atoms with E-state index < -0.39 is 15.8 Å². The molecule has 2 saturated heterocycles. The molecule has 2 fully saturated rings. The van der Waals surface area contributed by atoms with E-state index in [1.54, 1.807) is 6.07 Å². The van der Waals surface area contributed by atoms with Crippen LogP contribution in [0.3, 0.4) is 0 Å². The van der Waals surface area contributed by atoms with Gasteiger partial charge in [0.2, 0.25) is 15.9 Å². The molecule has 0 radical (unpaired) electrons. The minimum Gasteiger partial charge on any atom is -0.376 e. The maximum Gasteiger partial charge on any atom is 0.223 e. The molecule has 2 aliphatic rings. The molecule has 1 aromatic carbocycles. The minimum absolute atomic E-state index is 0.0355. The molecule has 1 unspecified atom stereocenters.